The van der Waals surface area contributed by atoms with Crippen LogP contribution in [-0.2, 0) is 19.1 Å². The van der Waals surface area contributed by atoms with Gasteiger partial charge in [-0.3, -0.25) is 9.59 Å². The number of methoxy groups -OCH3 is 2. The quantitative estimate of drug-likeness (QED) is 0.538. The van der Waals surface area contributed by atoms with Crippen molar-refractivity contribution >= 4 is 11.9 Å². The normalized spacial score (nSPS) is 19.2. The lowest BCUT2D eigenvalue weighted by Crippen LogP contribution is -2.33. The molecule has 0 N–H and O–H groups in total. The largest absolute Gasteiger partial charge is 0.468 e. The van der Waals surface area contributed by atoms with Gasteiger partial charge < -0.3 is 9.47 Å². The monoisotopic (exact) mass is 224 g/mol. The molecule has 4 nitrogen and oxygen atoms in total. The summed E-state index contributed by atoms with van der Waals surface area (Å²) in [5.41, 5.74) is 1.13. The number of ether oxygens (including phenoxy) is 2. The van der Waals surface area contributed by atoms with Crippen LogP contribution in [0, 0.1) is 11.8 Å². The van der Waals surface area contributed by atoms with Crippen molar-refractivity contribution in [3.05, 3.63) is 23.8 Å². The standard InChI is InChI=1S/C12H16O4/c1-8-4-6-9(7-5-8)10(11(13)15-2)12(14)16-3/h4-6,9-10H,7H2,1-3H3. The van der Waals surface area contributed by atoms with Crippen LogP contribution >= 0.6 is 0 Å². The van der Waals surface area contributed by atoms with Crippen molar-refractivity contribution in [1.82, 2.24) is 0 Å². The Balaban J connectivity index is 2.83. The van der Waals surface area contributed by atoms with Crippen molar-refractivity contribution in [3.63, 3.8) is 0 Å². The maximum Gasteiger partial charge on any atom is 0.320 e. The number of rotatable bonds is 3. The van der Waals surface area contributed by atoms with E-state index < -0.39 is 17.9 Å². The first-order valence-electron chi connectivity index (χ1n) is 5.10. The Labute approximate surface area is 94.9 Å². The minimum absolute atomic E-state index is 0.177. The Bertz CT molecular complexity index is 325. The highest BCUT2D eigenvalue weighted by molar-refractivity contribution is 5.95. The van der Waals surface area contributed by atoms with Gasteiger partial charge in [0, 0.05) is 5.92 Å². The summed E-state index contributed by atoms with van der Waals surface area (Å²) >= 11 is 0. The van der Waals surface area contributed by atoms with Crippen LogP contribution in [0.5, 0.6) is 0 Å². The number of carbonyl (C=O) groups is 2. The highest BCUT2D eigenvalue weighted by atomic mass is 16.5. The fraction of sp³-hybridized carbons (Fsp3) is 0.500. The van der Waals surface area contributed by atoms with Crippen LogP contribution < -0.4 is 0 Å². The lowest BCUT2D eigenvalue weighted by molar-refractivity contribution is -0.160. The fourth-order valence-corrected chi connectivity index (χ4v) is 1.69. The Kier molecular flexibility index (Phi) is 4.28. The van der Waals surface area contributed by atoms with E-state index in [0.717, 1.165) is 5.57 Å². The Morgan fingerprint density at radius 2 is 1.88 bits per heavy atom. The van der Waals surface area contributed by atoms with E-state index in [-0.39, 0.29) is 5.92 Å². The molecule has 1 aliphatic carbocycles. The Morgan fingerprint density at radius 3 is 2.25 bits per heavy atom. The van der Waals surface area contributed by atoms with Crippen molar-refractivity contribution in [2.24, 2.45) is 11.8 Å². The number of allylic oxidation sites excluding steroid dienone is 4. The molecule has 0 saturated heterocycles. The molecule has 88 valence electrons. The van der Waals surface area contributed by atoms with E-state index in [2.05, 4.69) is 9.47 Å². The molecule has 0 heterocycles. The van der Waals surface area contributed by atoms with Gasteiger partial charge >= 0.3 is 11.9 Å². The van der Waals surface area contributed by atoms with Crippen molar-refractivity contribution in [1.29, 1.82) is 0 Å². The highest BCUT2D eigenvalue weighted by Gasteiger charge is 2.35. The molecular formula is C12H16O4. The minimum Gasteiger partial charge on any atom is -0.468 e. The summed E-state index contributed by atoms with van der Waals surface area (Å²) in [7, 11) is 2.54. The molecular weight excluding hydrogens is 208 g/mol. The summed E-state index contributed by atoms with van der Waals surface area (Å²) < 4.78 is 9.24. The lowest BCUT2D eigenvalue weighted by Gasteiger charge is -2.21. The molecule has 1 rings (SSSR count). The number of esters is 2. The van der Waals surface area contributed by atoms with E-state index in [1.807, 2.05) is 25.2 Å². The van der Waals surface area contributed by atoms with Gasteiger partial charge in [-0.1, -0.05) is 23.8 Å². The molecule has 0 aromatic carbocycles. The summed E-state index contributed by atoms with van der Waals surface area (Å²) in [5.74, 6) is -2.14. The minimum atomic E-state index is -0.865. The van der Waals surface area contributed by atoms with Crippen LogP contribution in [0.25, 0.3) is 0 Å². The molecule has 4 heteroatoms. The average Bonchev–Trinajstić information content (AvgIpc) is 2.31. The third-order valence-corrected chi connectivity index (χ3v) is 2.66. The average molecular weight is 224 g/mol. The fourth-order valence-electron chi connectivity index (χ4n) is 1.69. The van der Waals surface area contributed by atoms with Gasteiger partial charge in [0.15, 0.2) is 5.92 Å². The molecule has 0 aliphatic heterocycles. The number of carbonyl (C=O) groups excluding carboxylic acids is 2. The van der Waals surface area contributed by atoms with Gasteiger partial charge in [0.05, 0.1) is 14.2 Å². The maximum atomic E-state index is 11.5. The third kappa shape index (κ3) is 2.72. The van der Waals surface area contributed by atoms with E-state index in [1.54, 1.807) is 0 Å². The van der Waals surface area contributed by atoms with Crippen LogP contribution in [0.1, 0.15) is 13.3 Å². The predicted molar refractivity (Wildman–Crippen MR) is 58.5 cm³/mol. The van der Waals surface area contributed by atoms with Crippen LogP contribution in [0.2, 0.25) is 0 Å². The van der Waals surface area contributed by atoms with Gasteiger partial charge in [-0.25, -0.2) is 0 Å². The first-order valence-corrected chi connectivity index (χ1v) is 5.10. The van der Waals surface area contributed by atoms with Crippen LogP contribution in [0.4, 0.5) is 0 Å². The molecule has 0 radical (unpaired) electrons. The zero-order chi connectivity index (χ0) is 12.1. The second-order valence-corrected chi connectivity index (χ2v) is 3.73. The molecule has 1 unspecified atom stereocenters. The van der Waals surface area contributed by atoms with Crippen LogP contribution in [0.15, 0.2) is 23.8 Å². The van der Waals surface area contributed by atoms with E-state index in [0.29, 0.717) is 6.42 Å². The molecule has 1 aliphatic rings. The third-order valence-electron chi connectivity index (χ3n) is 2.66. The number of hydrogen-bond acceptors (Lipinski definition) is 4. The molecule has 0 amide bonds. The van der Waals surface area contributed by atoms with E-state index in [1.165, 1.54) is 14.2 Å². The first-order chi connectivity index (χ1) is 7.60. The van der Waals surface area contributed by atoms with Gasteiger partial charge in [0.2, 0.25) is 0 Å². The molecule has 0 saturated carbocycles. The van der Waals surface area contributed by atoms with Crippen molar-refractivity contribution < 1.29 is 19.1 Å². The van der Waals surface area contributed by atoms with E-state index in [9.17, 15) is 9.59 Å². The zero-order valence-electron chi connectivity index (χ0n) is 9.73. The second-order valence-electron chi connectivity index (χ2n) is 3.73. The smallest absolute Gasteiger partial charge is 0.320 e. The van der Waals surface area contributed by atoms with Gasteiger partial charge in [-0.2, -0.15) is 0 Å². The molecule has 0 aromatic heterocycles. The first kappa shape index (κ1) is 12.5. The van der Waals surface area contributed by atoms with Gasteiger partial charge in [-0.05, 0) is 13.3 Å². The van der Waals surface area contributed by atoms with Gasteiger partial charge in [0.25, 0.3) is 0 Å². The second kappa shape index (κ2) is 5.49. The lowest BCUT2D eigenvalue weighted by atomic mass is 9.85. The predicted octanol–water partition coefficient (Wildman–Crippen LogP) is 1.47. The van der Waals surface area contributed by atoms with Crippen LogP contribution in [-0.4, -0.2) is 26.2 Å². The molecule has 0 fully saturated rings. The summed E-state index contributed by atoms with van der Waals surface area (Å²) in [6, 6.07) is 0. The van der Waals surface area contributed by atoms with Crippen molar-refractivity contribution in [2.45, 2.75) is 13.3 Å². The summed E-state index contributed by atoms with van der Waals surface area (Å²) in [6.07, 6.45) is 6.39. The molecule has 1 atom stereocenters. The molecule has 0 spiro atoms. The highest BCUT2D eigenvalue weighted by Crippen LogP contribution is 2.25. The Hall–Kier alpha value is -1.58. The van der Waals surface area contributed by atoms with Crippen molar-refractivity contribution in [2.75, 3.05) is 14.2 Å². The van der Waals surface area contributed by atoms with Gasteiger partial charge in [0.1, 0.15) is 0 Å². The zero-order valence-corrected chi connectivity index (χ0v) is 9.73. The van der Waals surface area contributed by atoms with Crippen LogP contribution in [0.3, 0.4) is 0 Å². The topological polar surface area (TPSA) is 52.6 Å². The maximum absolute atomic E-state index is 11.5. The number of hydrogen-bond donors (Lipinski definition) is 0. The SMILES string of the molecule is COC(=O)C(C(=O)OC)C1C=CC(C)=CC1. The molecule has 0 aromatic rings. The molecule has 0 bridgehead atoms. The summed E-state index contributed by atoms with van der Waals surface area (Å²) in [4.78, 5) is 23.0. The van der Waals surface area contributed by atoms with E-state index >= 15 is 0 Å². The van der Waals surface area contributed by atoms with Gasteiger partial charge in [-0.15, -0.1) is 0 Å². The summed E-state index contributed by atoms with van der Waals surface area (Å²) in [5, 5.41) is 0. The molecule has 16 heavy (non-hydrogen) atoms. The van der Waals surface area contributed by atoms with Crippen molar-refractivity contribution in [3.8, 4) is 0 Å². The van der Waals surface area contributed by atoms with E-state index in [4.69, 9.17) is 0 Å². The summed E-state index contributed by atoms with van der Waals surface area (Å²) in [6.45, 7) is 1.97. The Morgan fingerprint density at radius 1 is 1.31 bits per heavy atom.